The number of alkyl carbamates (subject to hydrolysis) is 1. The molecule has 36 heavy (non-hydrogen) atoms. The maximum atomic E-state index is 12.3. The van der Waals surface area contributed by atoms with Crippen LogP contribution in [-0.4, -0.2) is 31.1 Å². The molecular formula is C31H53NO4. The summed E-state index contributed by atoms with van der Waals surface area (Å²) in [6, 6.07) is 10.00. The second-order valence-electron chi connectivity index (χ2n) is 10.5. The Balaban J connectivity index is 1.39. The molecule has 1 aromatic rings. The molecule has 0 saturated carbocycles. The summed E-state index contributed by atoms with van der Waals surface area (Å²) in [4.78, 5) is 12.3. The van der Waals surface area contributed by atoms with Crippen LogP contribution in [0.2, 0.25) is 0 Å². The van der Waals surface area contributed by atoms with Crippen LogP contribution in [0.5, 0.6) is 0 Å². The van der Waals surface area contributed by atoms with Gasteiger partial charge in [0.15, 0.2) is 0 Å². The Morgan fingerprint density at radius 3 is 1.83 bits per heavy atom. The van der Waals surface area contributed by atoms with E-state index < -0.39 is 11.9 Å². The largest absolute Gasteiger partial charge is 0.414 e. The van der Waals surface area contributed by atoms with E-state index in [9.17, 15) is 4.79 Å². The number of amides is 1. The van der Waals surface area contributed by atoms with Crippen LogP contribution in [0.4, 0.5) is 4.79 Å². The monoisotopic (exact) mass is 503 g/mol. The quantitative estimate of drug-likeness (QED) is 0.161. The SMILES string of the molecule is CCCCCCCCCCCCCCCCCCNC(=O)OC1(C(C)OCc2ccccc2)CCO1. The first-order valence-corrected chi connectivity index (χ1v) is 14.9. The fraction of sp³-hybridized carbons (Fsp3) is 0.774. The average molecular weight is 504 g/mol. The minimum absolute atomic E-state index is 0.326. The van der Waals surface area contributed by atoms with E-state index in [1.165, 1.54) is 89.9 Å². The smallest absolute Gasteiger partial charge is 0.409 e. The van der Waals surface area contributed by atoms with Crippen molar-refractivity contribution in [2.75, 3.05) is 13.2 Å². The maximum absolute atomic E-state index is 12.3. The van der Waals surface area contributed by atoms with Gasteiger partial charge in [-0.2, -0.15) is 0 Å². The summed E-state index contributed by atoms with van der Waals surface area (Å²) in [7, 11) is 0. The van der Waals surface area contributed by atoms with Crippen molar-refractivity contribution >= 4 is 6.09 Å². The third-order valence-electron chi connectivity index (χ3n) is 7.32. The zero-order chi connectivity index (χ0) is 25.7. The zero-order valence-corrected chi connectivity index (χ0v) is 23.2. The van der Waals surface area contributed by atoms with Gasteiger partial charge in [-0.25, -0.2) is 4.79 Å². The van der Waals surface area contributed by atoms with Crippen molar-refractivity contribution in [2.45, 2.75) is 141 Å². The summed E-state index contributed by atoms with van der Waals surface area (Å²) < 4.78 is 17.3. The Labute approximate surface area is 221 Å². The van der Waals surface area contributed by atoms with E-state index in [-0.39, 0.29) is 6.10 Å². The van der Waals surface area contributed by atoms with Crippen LogP contribution in [0.3, 0.4) is 0 Å². The highest BCUT2D eigenvalue weighted by Gasteiger charge is 2.48. The maximum Gasteiger partial charge on any atom is 0.409 e. The topological polar surface area (TPSA) is 56.8 Å². The highest BCUT2D eigenvalue weighted by Crippen LogP contribution is 2.33. The number of hydrogen-bond acceptors (Lipinski definition) is 4. The van der Waals surface area contributed by atoms with Crippen molar-refractivity contribution in [2.24, 2.45) is 0 Å². The molecule has 1 aliphatic rings. The van der Waals surface area contributed by atoms with E-state index in [0.29, 0.717) is 26.2 Å². The third-order valence-corrected chi connectivity index (χ3v) is 7.32. The molecule has 0 aromatic heterocycles. The van der Waals surface area contributed by atoms with Gasteiger partial charge in [0.2, 0.25) is 5.79 Å². The van der Waals surface area contributed by atoms with Crippen molar-refractivity contribution in [1.82, 2.24) is 5.32 Å². The predicted molar refractivity (Wildman–Crippen MR) is 148 cm³/mol. The predicted octanol–water partition coefficient (Wildman–Crippen LogP) is 8.70. The van der Waals surface area contributed by atoms with Crippen LogP contribution in [0, 0.1) is 0 Å². The fourth-order valence-electron chi connectivity index (χ4n) is 4.77. The summed E-state index contributed by atoms with van der Waals surface area (Å²) >= 11 is 0. The molecule has 2 atom stereocenters. The summed E-state index contributed by atoms with van der Waals surface area (Å²) in [5.74, 6) is -0.965. The van der Waals surface area contributed by atoms with Crippen molar-refractivity contribution in [1.29, 1.82) is 0 Å². The molecule has 1 amide bonds. The van der Waals surface area contributed by atoms with Crippen LogP contribution < -0.4 is 5.32 Å². The highest BCUT2D eigenvalue weighted by atomic mass is 16.8. The van der Waals surface area contributed by atoms with Gasteiger partial charge in [-0.3, -0.25) is 0 Å². The van der Waals surface area contributed by atoms with Crippen LogP contribution in [-0.2, 0) is 20.8 Å². The number of unbranched alkanes of at least 4 members (excludes halogenated alkanes) is 15. The molecule has 1 heterocycles. The lowest BCUT2D eigenvalue weighted by Gasteiger charge is -2.44. The van der Waals surface area contributed by atoms with Gasteiger partial charge in [0.1, 0.15) is 6.10 Å². The van der Waals surface area contributed by atoms with E-state index in [0.717, 1.165) is 18.4 Å². The first-order chi connectivity index (χ1) is 17.7. The molecule has 2 rings (SSSR count). The molecule has 1 N–H and O–H groups in total. The Morgan fingerprint density at radius 2 is 1.36 bits per heavy atom. The third kappa shape index (κ3) is 13.1. The Hall–Kier alpha value is -1.59. The molecule has 1 saturated heterocycles. The van der Waals surface area contributed by atoms with Gasteiger partial charge in [-0.15, -0.1) is 0 Å². The second-order valence-corrected chi connectivity index (χ2v) is 10.5. The van der Waals surface area contributed by atoms with Crippen LogP contribution in [0.15, 0.2) is 30.3 Å². The molecule has 0 spiro atoms. The van der Waals surface area contributed by atoms with Gasteiger partial charge in [0.05, 0.1) is 13.2 Å². The molecule has 1 aromatic carbocycles. The molecule has 0 radical (unpaired) electrons. The number of hydrogen-bond donors (Lipinski definition) is 1. The normalized spacial score (nSPS) is 17.9. The Kier molecular flexibility index (Phi) is 16.6. The molecule has 1 aliphatic heterocycles. The van der Waals surface area contributed by atoms with Gasteiger partial charge < -0.3 is 19.5 Å². The lowest BCUT2D eigenvalue weighted by atomic mass is 10.0. The van der Waals surface area contributed by atoms with Gasteiger partial charge >= 0.3 is 6.09 Å². The lowest BCUT2D eigenvalue weighted by molar-refractivity contribution is -0.325. The van der Waals surface area contributed by atoms with Crippen molar-refractivity contribution in [3.05, 3.63) is 35.9 Å². The Morgan fingerprint density at radius 1 is 0.861 bits per heavy atom. The molecule has 5 heteroatoms. The number of benzene rings is 1. The van der Waals surface area contributed by atoms with Crippen molar-refractivity contribution in [3.8, 4) is 0 Å². The first kappa shape index (κ1) is 30.6. The van der Waals surface area contributed by atoms with E-state index in [4.69, 9.17) is 14.2 Å². The van der Waals surface area contributed by atoms with E-state index in [1.54, 1.807) is 0 Å². The summed E-state index contributed by atoms with van der Waals surface area (Å²) in [5.41, 5.74) is 1.09. The van der Waals surface area contributed by atoms with Gasteiger partial charge in [-0.05, 0) is 18.9 Å². The van der Waals surface area contributed by atoms with E-state index in [1.807, 2.05) is 37.3 Å². The fourth-order valence-corrected chi connectivity index (χ4v) is 4.77. The minimum atomic E-state index is -0.965. The van der Waals surface area contributed by atoms with Gasteiger partial charge in [0.25, 0.3) is 0 Å². The van der Waals surface area contributed by atoms with Crippen molar-refractivity contribution in [3.63, 3.8) is 0 Å². The van der Waals surface area contributed by atoms with Crippen LogP contribution in [0.25, 0.3) is 0 Å². The number of ether oxygens (including phenoxy) is 3. The number of carbonyl (C=O) groups excluding carboxylic acids is 1. The molecule has 0 bridgehead atoms. The average Bonchev–Trinajstić information content (AvgIpc) is 2.87. The van der Waals surface area contributed by atoms with Crippen LogP contribution in [0.1, 0.15) is 129 Å². The van der Waals surface area contributed by atoms with Crippen molar-refractivity contribution < 1.29 is 19.0 Å². The summed E-state index contributed by atoms with van der Waals surface area (Å²) in [6.07, 6.45) is 21.4. The molecular weight excluding hydrogens is 450 g/mol. The molecule has 5 nitrogen and oxygen atoms in total. The van der Waals surface area contributed by atoms with E-state index >= 15 is 0 Å². The number of nitrogens with one attached hydrogen (secondary N) is 1. The number of carbonyl (C=O) groups is 1. The van der Waals surface area contributed by atoms with Gasteiger partial charge in [-0.1, -0.05) is 134 Å². The summed E-state index contributed by atoms with van der Waals surface area (Å²) in [5, 5.41) is 2.89. The highest BCUT2D eigenvalue weighted by molar-refractivity contribution is 5.67. The zero-order valence-electron chi connectivity index (χ0n) is 23.2. The molecule has 206 valence electrons. The standard InChI is InChI=1S/C31H53NO4/c1-3-4-5-6-7-8-9-10-11-12-13-14-15-16-17-21-25-32-30(33)36-31(24-26-35-31)28(2)34-27-29-22-19-18-20-23-29/h18-20,22-23,28H,3-17,21,24-27H2,1-2H3,(H,32,33). The van der Waals surface area contributed by atoms with Gasteiger partial charge in [0, 0.05) is 13.0 Å². The van der Waals surface area contributed by atoms with E-state index in [2.05, 4.69) is 12.2 Å². The lowest BCUT2D eigenvalue weighted by Crippen LogP contribution is -2.57. The second kappa shape index (κ2) is 19.5. The summed E-state index contributed by atoms with van der Waals surface area (Å²) in [6.45, 7) is 5.89. The Bertz CT molecular complexity index is 662. The number of rotatable bonds is 22. The molecule has 2 unspecified atom stereocenters. The minimum Gasteiger partial charge on any atom is -0.414 e. The molecule has 0 aliphatic carbocycles. The molecule has 1 fully saturated rings. The first-order valence-electron chi connectivity index (χ1n) is 14.9. The van der Waals surface area contributed by atoms with Crippen LogP contribution >= 0.6 is 0 Å².